The zero-order valence-corrected chi connectivity index (χ0v) is 13.0. The summed E-state index contributed by atoms with van der Waals surface area (Å²) < 4.78 is 36.5. The van der Waals surface area contributed by atoms with Crippen molar-refractivity contribution in [2.75, 3.05) is 5.32 Å². The Morgan fingerprint density at radius 2 is 1.68 bits per heavy atom. The van der Waals surface area contributed by atoms with Crippen LogP contribution in [0, 0.1) is 0 Å². The molecule has 4 nitrogen and oxygen atoms in total. The number of rotatable bonds is 2. The second-order valence-corrected chi connectivity index (χ2v) is 6.67. The average molecular weight is 329 g/mol. The van der Waals surface area contributed by atoms with Gasteiger partial charge in [-0.2, -0.15) is 13.2 Å². The molecule has 0 aliphatic heterocycles. The number of carbonyl (C=O) groups excluding carboxylic acids is 1. The quantitative estimate of drug-likeness (QED) is 0.906. The van der Waals surface area contributed by atoms with Crippen molar-refractivity contribution in [1.82, 2.24) is 10.2 Å². The highest BCUT2D eigenvalue weighted by Crippen LogP contribution is 2.30. The second kappa shape index (κ2) is 5.68. The Morgan fingerprint density at radius 1 is 1.09 bits per heavy atom. The number of nitrogens with zero attached hydrogens (tertiary/aromatic N) is 2. The number of amides is 1. The van der Waals surface area contributed by atoms with Gasteiger partial charge in [0.05, 0.1) is 0 Å². The molecule has 0 bridgehead atoms. The molecule has 0 fully saturated rings. The average Bonchev–Trinajstić information content (AvgIpc) is 2.85. The molecule has 1 amide bonds. The molecule has 0 radical (unpaired) electrons. The molecule has 1 aromatic heterocycles. The monoisotopic (exact) mass is 329 g/mol. The van der Waals surface area contributed by atoms with E-state index in [1.54, 1.807) is 5.32 Å². The van der Waals surface area contributed by atoms with Gasteiger partial charge in [0.25, 0.3) is 0 Å². The van der Waals surface area contributed by atoms with E-state index < -0.39 is 12.1 Å². The van der Waals surface area contributed by atoms with E-state index in [-0.39, 0.29) is 10.5 Å². The van der Waals surface area contributed by atoms with E-state index in [2.05, 4.69) is 31.0 Å². The summed E-state index contributed by atoms with van der Waals surface area (Å²) in [4.78, 5) is 10.8. The third-order valence-electron chi connectivity index (χ3n) is 2.90. The molecule has 2 rings (SSSR count). The molecule has 2 aromatic rings. The van der Waals surface area contributed by atoms with E-state index in [0.29, 0.717) is 5.01 Å². The number of nitrogens with one attached hydrogen (secondary N) is 1. The number of hydrogen-bond donors (Lipinski definition) is 1. The van der Waals surface area contributed by atoms with Crippen molar-refractivity contribution in [2.45, 2.75) is 32.4 Å². The second-order valence-electron chi connectivity index (χ2n) is 5.69. The minimum Gasteiger partial charge on any atom is -0.293 e. The van der Waals surface area contributed by atoms with Gasteiger partial charge in [0.1, 0.15) is 5.01 Å². The Bertz CT molecular complexity index is 672. The van der Waals surface area contributed by atoms with Gasteiger partial charge >= 0.3 is 12.1 Å². The van der Waals surface area contributed by atoms with Crippen LogP contribution in [0.1, 0.15) is 26.3 Å². The molecule has 22 heavy (non-hydrogen) atoms. The molecule has 1 heterocycles. The maximum absolute atomic E-state index is 12.2. The first-order valence-corrected chi connectivity index (χ1v) is 7.21. The van der Waals surface area contributed by atoms with Gasteiger partial charge in [-0.05, 0) is 11.0 Å². The van der Waals surface area contributed by atoms with Crippen LogP contribution in [0.15, 0.2) is 24.3 Å². The third kappa shape index (κ3) is 3.82. The zero-order valence-electron chi connectivity index (χ0n) is 12.2. The number of benzene rings is 1. The lowest BCUT2D eigenvalue weighted by molar-refractivity contribution is -0.167. The van der Waals surface area contributed by atoms with Crippen molar-refractivity contribution in [3.8, 4) is 10.6 Å². The Balaban J connectivity index is 2.16. The number of anilines is 1. The first kappa shape index (κ1) is 16.4. The van der Waals surface area contributed by atoms with Crippen LogP contribution in [0.25, 0.3) is 10.6 Å². The van der Waals surface area contributed by atoms with Gasteiger partial charge in [-0.3, -0.25) is 10.1 Å². The maximum Gasteiger partial charge on any atom is 0.471 e. The Morgan fingerprint density at radius 3 is 2.18 bits per heavy atom. The van der Waals surface area contributed by atoms with Crippen molar-refractivity contribution >= 4 is 22.4 Å². The highest BCUT2D eigenvalue weighted by Gasteiger charge is 2.39. The normalized spacial score (nSPS) is 12.3. The fourth-order valence-electron chi connectivity index (χ4n) is 1.67. The Hall–Kier alpha value is -1.96. The first-order chi connectivity index (χ1) is 10.1. The van der Waals surface area contributed by atoms with Crippen LogP contribution >= 0.6 is 11.3 Å². The maximum atomic E-state index is 12.2. The van der Waals surface area contributed by atoms with E-state index in [1.807, 2.05) is 24.3 Å². The topological polar surface area (TPSA) is 54.9 Å². The summed E-state index contributed by atoms with van der Waals surface area (Å²) >= 11 is 0.890. The predicted octanol–water partition coefficient (Wildman–Crippen LogP) is 4.00. The molecule has 8 heteroatoms. The molecule has 0 saturated heterocycles. The Kier molecular flexibility index (Phi) is 4.23. The summed E-state index contributed by atoms with van der Waals surface area (Å²) in [6, 6.07) is 7.53. The van der Waals surface area contributed by atoms with Gasteiger partial charge in [0.2, 0.25) is 5.13 Å². The van der Waals surface area contributed by atoms with Crippen LogP contribution in [0.5, 0.6) is 0 Å². The molecule has 0 aliphatic carbocycles. The van der Waals surface area contributed by atoms with Crippen LogP contribution in [0.3, 0.4) is 0 Å². The van der Waals surface area contributed by atoms with Crippen molar-refractivity contribution in [3.63, 3.8) is 0 Å². The SMILES string of the molecule is CC(C)(C)c1ccc(-c2nnc(NC(=O)C(F)(F)F)s2)cc1. The number of hydrogen-bond acceptors (Lipinski definition) is 4. The first-order valence-electron chi connectivity index (χ1n) is 6.40. The summed E-state index contributed by atoms with van der Waals surface area (Å²) in [6.07, 6.45) is -4.94. The van der Waals surface area contributed by atoms with Gasteiger partial charge < -0.3 is 0 Å². The van der Waals surface area contributed by atoms with Crippen molar-refractivity contribution < 1.29 is 18.0 Å². The van der Waals surface area contributed by atoms with Crippen LogP contribution in [0.2, 0.25) is 0 Å². The van der Waals surface area contributed by atoms with E-state index in [9.17, 15) is 18.0 Å². The number of halogens is 3. The zero-order chi connectivity index (χ0) is 16.5. The molecule has 0 atom stereocenters. The molecule has 0 unspecified atom stereocenters. The highest BCUT2D eigenvalue weighted by atomic mass is 32.1. The predicted molar refractivity (Wildman–Crippen MR) is 78.7 cm³/mol. The van der Waals surface area contributed by atoms with Crippen LogP contribution in [-0.4, -0.2) is 22.3 Å². The lowest BCUT2D eigenvalue weighted by Gasteiger charge is -2.18. The fourth-order valence-corrected chi connectivity index (χ4v) is 2.42. The summed E-state index contributed by atoms with van der Waals surface area (Å²) in [7, 11) is 0. The highest BCUT2D eigenvalue weighted by molar-refractivity contribution is 7.18. The molecule has 1 aromatic carbocycles. The van der Waals surface area contributed by atoms with Crippen LogP contribution < -0.4 is 5.32 Å². The number of carbonyl (C=O) groups is 1. The van der Waals surface area contributed by atoms with Crippen molar-refractivity contribution in [3.05, 3.63) is 29.8 Å². The van der Waals surface area contributed by atoms with E-state index >= 15 is 0 Å². The number of aromatic nitrogens is 2. The van der Waals surface area contributed by atoms with Gasteiger partial charge in [-0.1, -0.05) is 56.4 Å². The van der Waals surface area contributed by atoms with Crippen molar-refractivity contribution in [1.29, 1.82) is 0 Å². The van der Waals surface area contributed by atoms with E-state index in [4.69, 9.17) is 0 Å². The molecule has 118 valence electrons. The van der Waals surface area contributed by atoms with Crippen LogP contribution in [0.4, 0.5) is 18.3 Å². The van der Waals surface area contributed by atoms with Gasteiger partial charge in [-0.15, -0.1) is 10.2 Å². The summed E-state index contributed by atoms with van der Waals surface area (Å²) in [6.45, 7) is 6.24. The summed E-state index contributed by atoms with van der Waals surface area (Å²) in [5, 5.41) is 9.30. The standard InChI is InChI=1S/C14H14F3N3OS/c1-13(2,3)9-6-4-8(5-7-9)10-19-20-12(22-10)18-11(21)14(15,16)17/h4-7H,1-3H3,(H,18,20,21). The summed E-state index contributed by atoms with van der Waals surface area (Å²) in [5.74, 6) is -2.06. The minimum atomic E-state index is -4.94. The molecule has 0 aliphatic rings. The molecule has 1 N–H and O–H groups in total. The largest absolute Gasteiger partial charge is 0.471 e. The third-order valence-corrected chi connectivity index (χ3v) is 3.79. The van der Waals surface area contributed by atoms with Gasteiger partial charge in [0, 0.05) is 5.56 Å². The minimum absolute atomic E-state index is 0.00546. The Labute approximate surface area is 129 Å². The van der Waals surface area contributed by atoms with Crippen molar-refractivity contribution in [2.24, 2.45) is 0 Å². The van der Waals surface area contributed by atoms with Crippen LogP contribution in [-0.2, 0) is 10.2 Å². The summed E-state index contributed by atoms with van der Waals surface area (Å²) in [5.41, 5.74) is 1.87. The lowest BCUT2D eigenvalue weighted by Crippen LogP contribution is -2.29. The smallest absolute Gasteiger partial charge is 0.293 e. The van der Waals surface area contributed by atoms with Gasteiger partial charge in [-0.25, -0.2) is 0 Å². The molecular formula is C14H14F3N3OS. The molecular weight excluding hydrogens is 315 g/mol. The van der Waals surface area contributed by atoms with E-state index in [0.717, 1.165) is 22.5 Å². The number of alkyl halides is 3. The lowest BCUT2D eigenvalue weighted by atomic mass is 9.87. The molecule has 0 spiro atoms. The fraction of sp³-hybridized carbons (Fsp3) is 0.357. The van der Waals surface area contributed by atoms with E-state index in [1.165, 1.54) is 0 Å². The molecule has 0 saturated carbocycles. The van der Waals surface area contributed by atoms with Gasteiger partial charge in [0.15, 0.2) is 0 Å².